The molecule has 0 aliphatic carbocycles. The van der Waals surface area contributed by atoms with Crippen LogP contribution in [0.5, 0.6) is 0 Å². The quantitative estimate of drug-likeness (QED) is 0.840. The average molecular weight is 341 g/mol. The number of anilines is 1. The molecule has 0 aromatic carbocycles. The van der Waals surface area contributed by atoms with Gasteiger partial charge in [0.1, 0.15) is 11.6 Å². The Labute approximate surface area is 147 Å². The molecule has 0 radical (unpaired) electrons. The third-order valence-electron chi connectivity index (χ3n) is 4.88. The topological polar surface area (TPSA) is 58.8 Å². The van der Waals surface area contributed by atoms with E-state index in [9.17, 15) is 4.79 Å². The van der Waals surface area contributed by atoms with Crippen molar-refractivity contribution in [3.8, 4) is 0 Å². The standard InChI is InChI=1S/C19H23N3O3/c1-14-12-21(8-10-24-14)18-11-15(4-6-20-18)19(23)22-7-2-3-17-16(13-22)5-9-25-17/h4-6,9,11,14H,2-3,7-8,10,12-13H2,1H3. The van der Waals surface area contributed by atoms with E-state index in [2.05, 4.69) is 16.8 Å². The van der Waals surface area contributed by atoms with Crippen molar-refractivity contribution in [1.29, 1.82) is 0 Å². The fourth-order valence-electron chi connectivity index (χ4n) is 3.55. The summed E-state index contributed by atoms with van der Waals surface area (Å²) in [6.07, 6.45) is 5.43. The van der Waals surface area contributed by atoms with E-state index in [-0.39, 0.29) is 12.0 Å². The van der Waals surface area contributed by atoms with Crippen molar-refractivity contribution in [2.24, 2.45) is 0 Å². The Morgan fingerprint density at radius 2 is 2.24 bits per heavy atom. The van der Waals surface area contributed by atoms with E-state index >= 15 is 0 Å². The van der Waals surface area contributed by atoms with Crippen molar-refractivity contribution in [3.05, 3.63) is 47.5 Å². The molecular weight excluding hydrogens is 318 g/mol. The molecule has 1 atom stereocenters. The number of rotatable bonds is 2. The van der Waals surface area contributed by atoms with Gasteiger partial charge in [-0.3, -0.25) is 4.79 Å². The van der Waals surface area contributed by atoms with Gasteiger partial charge in [0.2, 0.25) is 0 Å². The summed E-state index contributed by atoms with van der Waals surface area (Å²) in [5.41, 5.74) is 1.80. The highest BCUT2D eigenvalue weighted by atomic mass is 16.5. The number of pyridine rings is 1. The highest BCUT2D eigenvalue weighted by Crippen LogP contribution is 2.22. The van der Waals surface area contributed by atoms with Gasteiger partial charge in [-0.2, -0.15) is 0 Å². The van der Waals surface area contributed by atoms with Crippen LogP contribution in [0.2, 0.25) is 0 Å². The summed E-state index contributed by atoms with van der Waals surface area (Å²) in [5.74, 6) is 1.91. The van der Waals surface area contributed by atoms with Crippen LogP contribution in [0.15, 0.2) is 35.1 Å². The summed E-state index contributed by atoms with van der Waals surface area (Å²) in [4.78, 5) is 21.6. The largest absolute Gasteiger partial charge is 0.469 e. The van der Waals surface area contributed by atoms with Crippen molar-refractivity contribution < 1.29 is 13.9 Å². The molecule has 4 heterocycles. The minimum atomic E-state index is 0.0546. The predicted molar refractivity (Wildman–Crippen MR) is 93.6 cm³/mol. The second-order valence-electron chi connectivity index (χ2n) is 6.73. The lowest BCUT2D eigenvalue weighted by Crippen LogP contribution is -2.41. The van der Waals surface area contributed by atoms with Gasteiger partial charge >= 0.3 is 0 Å². The second kappa shape index (κ2) is 6.88. The Balaban J connectivity index is 1.53. The number of carbonyl (C=O) groups is 1. The molecule has 25 heavy (non-hydrogen) atoms. The third-order valence-corrected chi connectivity index (χ3v) is 4.88. The summed E-state index contributed by atoms with van der Waals surface area (Å²) in [6.45, 7) is 5.70. The van der Waals surface area contributed by atoms with Crippen LogP contribution in [0.4, 0.5) is 5.82 Å². The molecule has 1 fully saturated rings. The molecule has 0 saturated carbocycles. The van der Waals surface area contributed by atoms with Crippen LogP contribution in [0.25, 0.3) is 0 Å². The van der Waals surface area contributed by atoms with Crippen molar-refractivity contribution in [3.63, 3.8) is 0 Å². The van der Waals surface area contributed by atoms with E-state index in [1.807, 2.05) is 17.0 Å². The summed E-state index contributed by atoms with van der Waals surface area (Å²) in [6, 6.07) is 5.67. The smallest absolute Gasteiger partial charge is 0.254 e. The molecule has 2 aromatic rings. The molecule has 0 spiro atoms. The molecule has 0 bridgehead atoms. The fraction of sp³-hybridized carbons (Fsp3) is 0.474. The average Bonchev–Trinajstić information content (AvgIpc) is 2.98. The maximum absolute atomic E-state index is 13.0. The lowest BCUT2D eigenvalue weighted by atomic mass is 10.2. The van der Waals surface area contributed by atoms with Crippen molar-refractivity contribution in [1.82, 2.24) is 9.88 Å². The Morgan fingerprint density at radius 3 is 3.12 bits per heavy atom. The highest BCUT2D eigenvalue weighted by Gasteiger charge is 2.23. The number of aryl methyl sites for hydroxylation is 1. The van der Waals surface area contributed by atoms with Crippen LogP contribution in [0, 0.1) is 0 Å². The predicted octanol–water partition coefficient (Wildman–Crippen LogP) is 2.49. The second-order valence-corrected chi connectivity index (χ2v) is 6.73. The normalized spacial score (nSPS) is 20.9. The van der Waals surface area contributed by atoms with Crippen LogP contribution in [-0.2, 0) is 17.7 Å². The molecule has 132 valence electrons. The van der Waals surface area contributed by atoms with Crippen molar-refractivity contribution in [2.75, 3.05) is 31.1 Å². The molecular formula is C19H23N3O3. The van der Waals surface area contributed by atoms with Crippen LogP contribution in [0.1, 0.15) is 35.0 Å². The first kappa shape index (κ1) is 16.1. The van der Waals surface area contributed by atoms with E-state index in [0.717, 1.165) is 49.6 Å². The van der Waals surface area contributed by atoms with Crippen LogP contribution >= 0.6 is 0 Å². The van der Waals surface area contributed by atoms with Gasteiger partial charge < -0.3 is 19.0 Å². The molecule has 4 rings (SSSR count). The number of aromatic nitrogens is 1. The Morgan fingerprint density at radius 1 is 1.32 bits per heavy atom. The number of morpholine rings is 1. The van der Waals surface area contributed by atoms with E-state index in [1.54, 1.807) is 18.5 Å². The first-order valence-electron chi connectivity index (χ1n) is 8.88. The third kappa shape index (κ3) is 3.39. The molecule has 1 unspecified atom stereocenters. The number of carbonyl (C=O) groups excluding carboxylic acids is 1. The van der Waals surface area contributed by atoms with Gasteiger partial charge in [-0.1, -0.05) is 0 Å². The monoisotopic (exact) mass is 341 g/mol. The minimum absolute atomic E-state index is 0.0546. The van der Waals surface area contributed by atoms with E-state index in [4.69, 9.17) is 9.15 Å². The minimum Gasteiger partial charge on any atom is -0.469 e. The van der Waals surface area contributed by atoms with E-state index < -0.39 is 0 Å². The van der Waals surface area contributed by atoms with Crippen LogP contribution < -0.4 is 4.90 Å². The lowest BCUT2D eigenvalue weighted by Gasteiger charge is -2.32. The highest BCUT2D eigenvalue weighted by molar-refractivity contribution is 5.94. The summed E-state index contributed by atoms with van der Waals surface area (Å²) >= 11 is 0. The first-order valence-corrected chi connectivity index (χ1v) is 8.88. The molecule has 2 aliphatic heterocycles. The summed E-state index contributed by atoms with van der Waals surface area (Å²) < 4.78 is 11.1. The van der Waals surface area contributed by atoms with Crippen LogP contribution in [0.3, 0.4) is 0 Å². The molecule has 2 aliphatic rings. The lowest BCUT2D eigenvalue weighted by molar-refractivity contribution is 0.0529. The van der Waals surface area contributed by atoms with E-state index in [1.165, 1.54) is 0 Å². The van der Waals surface area contributed by atoms with Crippen molar-refractivity contribution >= 4 is 11.7 Å². The van der Waals surface area contributed by atoms with Gasteiger partial charge in [0.15, 0.2) is 0 Å². The summed E-state index contributed by atoms with van der Waals surface area (Å²) in [7, 11) is 0. The number of furan rings is 1. The van der Waals surface area contributed by atoms with Gasteiger partial charge in [-0.25, -0.2) is 4.98 Å². The van der Waals surface area contributed by atoms with Gasteiger partial charge in [0.25, 0.3) is 5.91 Å². The Kier molecular flexibility index (Phi) is 4.44. The number of hydrogen-bond donors (Lipinski definition) is 0. The number of fused-ring (bicyclic) bond motifs is 1. The molecule has 1 saturated heterocycles. The first-order chi connectivity index (χ1) is 12.2. The fourth-order valence-corrected chi connectivity index (χ4v) is 3.55. The van der Waals surface area contributed by atoms with Crippen LogP contribution in [-0.4, -0.2) is 48.1 Å². The van der Waals surface area contributed by atoms with E-state index in [0.29, 0.717) is 18.7 Å². The number of hydrogen-bond acceptors (Lipinski definition) is 5. The maximum Gasteiger partial charge on any atom is 0.254 e. The maximum atomic E-state index is 13.0. The van der Waals surface area contributed by atoms with Gasteiger partial charge in [-0.15, -0.1) is 0 Å². The Hall–Kier alpha value is -2.34. The zero-order chi connectivity index (χ0) is 17.2. The molecule has 1 amide bonds. The molecule has 0 N–H and O–H groups in total. The molecule has 6 heteroatoms. The van der Waals surface area contributed by atoms with Crippen molar-refractivity contribution in [2.45, 2.75) is 32.4 Å². The zero-order valence-corrected chi connectivity index (χ0v) is 14.5. The zero-order valence-electron chi connectivity index (χ0n) is 14.5. The SMILES string of the molecule is CC1CN(c2cc(C(=O)N3CCCc4occc4C3)ccn2)CCO1. The number of ether oxygens (including phenoxy) is 1. The molecule has 6 nitrogen and oxygen atoms in total. The Bertz CT molecular complexity index is 758. The van der Waals surface area contributed by atoms with Gasteiger partial charge in [0.05, 0.1) is 19.0 Å². The van der Waals surface area contributed by atoms with Gasteiger partial charge in [-0.05, 0) is 31.5 Å². The van der Waals surface area contributed by atoms with Gasteiger partial charge in [0, 0.05) is 49.9 Å². The number of nitrogens with zero attached hydrogens (tertiary/aromatic N) is 3. The summed E-state index contributed by atoms with van der Waals surface area (Å²) in [5, 5.41) is 0. The number of amides is 1. The molecule has 2 aromatic heterocycles.